The average Bonchev–Trinajstić information content (AvgIpc) is 2.93. The Labute approximate surface area is 262 Å². The van der Waals surface area contributed by atoms with Crippen molar-refractivity contribution in [3.63, 3.8) is 0 Å². The largest absolute Gasteiger partial charge is 0.492 e. The van der Waals surface area contributed by atoms with Crippen molar-refractivity contribution < 1.29 is 77.2 Å². The summed E-state index contributed by atoms with van der Waals surface area (Å²) in [6.07, 6.45) is -10.6. The Morgan fingerprint density at radius 3 is 1.96 bits per heavy atom. The lowest BCUT2D eigenvalue weighted by Gasteiger charge is -2.38. The molecule has 1 N–H and O–H groups in total. The summed E-state index contributed by atoms with van der Waals surface area (Å²) in [5, 5.41) is 8.72. The van der Waals surface area contributed by atoms with Crippen molar-refractivity contribution in [1.29, 1.82) is 0 Å². The van der Waals surface area contributed by atoms with Crippen molar-refractivity contribution in [2.45, 2.75) is 49.3 Å². The molecular formula is C26H22Cl2F11NO6. The molecule has 46 heavy (non-hydrogen) atoms. The summed E-state index contributed by atoms with van der Waals surface area (Å²) in [5.74, 6) is -31.0. The number of alkyl halides is 11. The maximum atomic E-state index is 14.6. The molecule has 0 saturated carbocycles. The highest BCUT2D eigenvalue weighted by molar-refractivity contribution is 6.35. The topological polar surface area (TPSA) is 85.3 Å². The second-order valence-corrected chi connectivity index (χ2v) is 10.1. The van der Waals surface area contributed by atoms with Gasteiger partial charge in [0.05, 0.1) is 18.1 Å². The van der Waals surface area contributed by atoms with Gasteiger partial charge in [0.25, 0.3) is 0 Å². The van der Waals surface area contributed by atoms with Crippen LogP contribution < -0.4 is 9.47 Å². The van der Waals surface area contributed by atoms with Gasteiger partial charge in [-0.25, -0.2) is 9.59 Å². The molecule has 20 heteroatoms. The van der Waals surface area contributed by atoms with Gasteiger partial charge in [0.2, 0.25) is 0 Å². The summed E-state index contributed by atoms with van der Waals surface area (Å²) < 4.78 is 164. The fourth-order valence-corrected chi connectivity index (χ4v) is 3.97. The zero-order valence-electron chi connectivity index (χ0n) is 23.0. The minimum absolute atomic E-state index is 0.0172. The van der Waals surface area contributed by atoms with Crippen LogP contribution in [0.25, 0.3) is 0 Å². The average molecular weight is 724 g/mol. The molecule has 7 nitrogen and oxygen atoms in total. The maximum Gasteiger partial charge on any atom is 0.460 e. The quantitative estimate of drug-likeness (QED) is 0.188. The van der Waals surface area contributed by atoms with E-state index in [0.717, 1.165) is 18.2 Å². The molecule has 2 aromatic carbocycles. The Hall–Kier alpha value is -3.25. The smallest absolute Gasteiger partial charge is 0.460 e. The number of carboxylic acid groups (broad SMARTS) is 1. The zero-order chi connectivity index (χ0) is 35.3. The summed E-state index contributed by atoms with van der Waals surface area (Å²) in [6, 6.07) is 8.15. The summed E-state index contributed by atoms with van der Waals surface area (Å²) >= 11 is 11.5. The number of halogens is 13. The van der Waals surface area contributed by atoms with Gasteiger partial charge in [-0.1, -0.05) is 35.3 Å². The maximum absolute atomic E-state index is 14.6. The Balaban J connectivity index is 2.31. The summed E-state index contributed by atoms with van der Waals surface area (Å²) in [7, 11) is 0. The molecule has 0 aromatic heterocycles. The SMILES string of the molecule is CCOC(Cc1ccc(OCCN(CC(F)(F)C(F)(F)C(F)(F)C(F)(F)C(F)(F)F)C(=O)Oc2ccc(Cl)cc2Cl)cc1)C(=O)O. The van der Waals surface area contributed by atoms with Gasteiger partial charge in [-0.3, -0.25) is 4.90 Å². The third-order valence-corrected chi connectivity index (χ3v) is 6.49. The molecule has 0 saturated heterocycles. The van der Waals surface area contributed by atoms with Crippen molar-refractivity contribution in [2.75, 3.05) is 26.3 Å². The van der Waals surface area contributed by atoms with Gasteiger partial charge in [0.15, 0.2) is 11.9 Å². The number of carbonyl (C=O) groups is 2. The van der Waals surface area contributed by atoms with Crippen LogP contribution >= 0.6 is 23.2 Å². The summed E-state index contributed by atoms with van der Waals surface area (Å²) in [5.41, 5.74) is 0.428. The van der Waals surface area contributed by atoms with E-state index in [2.05, 4.69) is 0 Å². The van der Waals surface area contributed by atoms with Crippen LogP contribution in [0, 0.1) is 0 Å². The van der Waals surface area contributed by atoms with E-state index in [4.69, 9.17) is 37.4 Å². The molecular weight excluding hydrogens is 702 g/mol. The van der Waals surface area contributed by atoms with Crippen LogP contribution in [-0.2, 0) is 16.0 Å². The Morgan fingerprint density at radius 2 is 1.46 bits per heavy atom. The van der Waals surface area contributed by atoms with Crippen LogP contribution in [0.4, 0.5) is 53.1 Å². The monoisotopic (exact) mass is 723 g/mol. The molecule has 2 rings (SSSR count). The first kappa shape index (κ1) is 38.9. The lowest BCUT2D eigenvalue weighted by molar-refractivity contribution is -0.422. The van der Waals surface area contributed by atoms with Gasteiger partial charge in [-0.15, -0.1) is 0 Å². The first-order valence-corrected chi connectivity index (χ1v) is 13.3. The number of amides is 1. The minimum Gasteiger partial charge on any atom is -0.492 e. The molecule has 1 unspecified atom stereocenters. The third kappa shape index (κ3) is 8.76. The van der Waals surface area contributed by atoms with Crippen LogP contribution in [0.3, 0.4) is 0 Å². The van der Waals surface area contributed by atoms with Gasteiger partial charge in [-0.05, 0) is 42.8 Å². The van der Waals surface area contributed by atoms with Gasteiger partial charge in [-0.2, -0.15) is 48.3 Å². The van der Waals surface area contributed by atoms with Crippen molar-refractivity contribution in [3.8, 4) is 11.5 Å². The first-order chi connectivity index (χ1) is 21.0. The molecule has 0 aliphatic heterocycles. The number of benzene rings is 2. The number of nitrogens with zero attached hydrogens (tertiary/aromatic N) is 1. The molecule has 0 fully saturated rings. The van der Waals surface area contributed by atoms with Crippen molar-refractivity contribution in [3.05, 3.63) is 58.1 Å². The summed E-state index contributed by atoms with van der Waals surface area (Å²) in [4.78, 5) is 23.5. The van der Waals surface area contributed by atoms with E-state index in [1.165, 1.54) is 24.3 Å². The van der Waals surface area contributed by atoms with E-state index in [9.17, 15) is 63.0 Å². The van der Waals surface area contributed by atoms with Gasteiger partial charge in [0.1, 0.15) is 12.4 Å². The normalized spacial score (nSPS) is 13.7. The number of carbonyl (C=O) groups excluding carboxylic acids is 1. The highest BCUT2D eigenvalue weighted by Gasteiger charge is 2.87. The van der Waals surface area contributed by atoms with Crippen LogP contribution in [0.15, 0.2) is 42.5 Å². The van der Waals surface area contributed by atoms with Crippen LogP contribution in [0.2, 0.25) is 10.0 Å². The fraction of sp³-hybridized carbons (Fsp3) is 0.462. The number of hydrogen-bond acceptors (Lipinski definition) is 5. The molecule has 1 atom stereocenters. The van der Waals surface area contributed by atoms with Gasteiger partial charge >= 0.3 is 41.9 Å². The highest BCUT2D eigenvalue weighted by atomic mass is 35.5. The standard InChI is InChI=1S/C26H22Cl2F11NO6/c1-2-44-19(20(41)42)11-14-3-6-16(7-4-14)45-10-9-40(21(43)46-18-8-5-15(27)12-17(18)28)13-22(29,30)23(31,32)24(33,34)25(35,36)26(37,38)39/h3-8,12,19H,2,9-11,13H2,1H3,(H,41,42). The summed E-state index contributed by atoms with van der Waals surface area (Å²) in [6.45, 7) is -3.28. The van der Waals surface area contributed by atoms with E-state index < -0.39 is 83.4 Å². The highest BCUT2D eigenvalue weighted by Crippen LogP contribution is 2.57. The Bertz CT molecular complexity index is 1360. The van der Waals surface area contributed by atoms with Crippen LogP contribution in [-0.4, -0.2) is 84.3 Å². The molecule has 0 aliphatic rings. The number of hydrogen-bond donors (Lipinski definition) is 1. The van der Waals surface area contributed by atoms with Crippen molar-refractivity contribution >= 4 is 35.3 Å². The Morgan fingerprint density at radius 1 is 0.870 bits per heavy atom. The molecule has 1 amide bonds. The second kappa shape index (κ2) is 14.7. The van der Waals surface area contributed by atoms with Crippen molar-refractivity contribution in [1.82, 2.24) is 4.90 Å². The van der Waals surface area contributed by atoms with Crippen LogP contribution in [0.5, 0.6) is 11.5 Å². The number of aliphatic carboxylic acids is 1. The Kier molecular flexibility index (Phi) is 12.4. The second-order valence-electron chi connectivity index (χ2n) is 9.27. The van der Waals surface area contributed by atoms with Crippen LogP contribution in [0.1, 0.15) is 12.5 Å². The molecule has 258 valence electrons. The molecule has 0 heterocycles. The molecule has 0 aliphatic carbocycles. The molecule has 2 aromatic rings. The van der Waals surface area contributed by atoms with Gasteiger partial charge in [0, 0.05) is 18.1 Å². The number of ether oxygens (including phenoxy) is 3. The van der Waals surface area contributed by atoms with E-state index in [1.807, 2.05) is 0 Å². The number of carboxylic acids is 1. The molecule has 0 bridgehead atoms. The predicted molar refractivity (Wildman–Crippen MR) is 139 cm³/mol. The van der Waals surface area contributed by atoms with E-state index in [0.29, 0.717) is 5.56 Å². The number of rotatable bonds is 15. The predicted octanol–water partition coefficient (Wildman–Crippen LogP) is 8.01. The third-order valence-electron chi connectivity index (χ3n) is 5.96. The first-order valence-electron chi connectivity index (χ1n) is 12.5. The van der Waals surface area contributed by atoms with Crippen molar-refractivity contribution in [2.24, 2.45) is 0 Å². The zero-order valence-corrected chi connectivity index (χ0v) is 24.5. The van der Waals surface area contributed by atoms with E-state index >= 15 is 0 Å². The molecule has 0 radical (unpaired) electrons. The van der Waals surface area contributed by atoms with Gasteiger partial charge < -0.3 is 19.3 Å². The fourth-order valence-electron chi connectivity index (χ4n) is 3.52. The molecule has 0 spiro atoms. The minimum atomic E-state index is -7.68. The van der Waals surface area contributed by atoms with E-state index in [-0.39, 0.29) is 23.8 Å². The lowest BCUT2D eigenvalue weighted by Crippen LogP contribution is -2.68. The van der Waals surface area contributed by atoms with E-state index in [1.54, 1.807) is 6.92 Å². The lowest BCUT2D eigenvalue weighted by atomic mass is 9.97.